The summed E-state index contributed by atoms with van der Waals surface area (Å²) < 4.78 is 0. The Kier molecular flexibility index (Phi) is 4.70. The molecule has 134 valence electrons. The van der Waals surface area contributed by atoms with E-state index < -0.39 is 0 Å². The molecular weight excluding hydrogens is 290 g/mol. The van der Waals surface area contributed by atoms with Crippen LogP contribution in [0.15, 0.2) is 0 Å². The van der Waals surface area contributed by atoms with Crippen LogP contribution in [-0.4, -0.2) is 0 Å². The zero-order chi connectivity index (χ0) is 16.7. The molecular formula is C23H37N. The van der Waals surface area contributed by atoms with Crippen LogP contribution >= 0.6 is 0 Å². The molecule has 0 N–H and O–H groups in total. The van der Waals surface area contributed by atoms with Gasteiger partial charge in [-0.3, -0.25) is 0 Å². The lowest BCUT2D eigenvalue weighted by atomic mass is 9.48. The van der Waals surface area contributed by atoms with Gasteiger partial charge < -0.3 is 0 Å². The molecule has 0 radical (unpaired) electrons. The minimum absolute atomic E-state index is 0.0311. The summed E-state index contributed by atoms with van der Waals surface area (Å²) >= 11 is 0. The second-order valence-corrected chi connectivity index (χ2v) is 9.82. The van der Waals surface area contributed by atoms with E-state index in [1.54, 1.807) is 0 Å². The molecule has 4 saturated carbocycles. The monoisotopic (exact) mass is 327 g/mol. The van der Waals surface area contributed by atoms with Gasteiger partial charge in [0.05, 0.1) is 11.5 Å². The molecule has 0 heterocycles. The standard InChI is InChI=1S/C23H37N/c1-3-16-6-5-7-20-18(16)10-11-21-19-12-13-23(4-2,15-24)14-17(19)8-9-22(20)21/h16-22H,3-14H2,1-2H3. The molecule has 1 heteroatoms. The van der Waals surface area contributed by atoms with E-state index in [9.17, 15) is 5.26 Å². The van der Waals surface area contributed by atoms with Gasteiger partial charge in [-0.15, -0.1) is 0 Å². The first-order valence-electron chi connectivity index (χ1n) is 11.1. The molecule has 24 heavy (non-hydrogen) atoms. The van der Waals surface area contributed by atoms with Crippen molar-refractivity contribution in [1.82, 2.24) is 0 Å². The van der Waals surface area contributed by atoms with Crippen molar-refractivity contribution in [3.63, 3.8) is 0 Å². The fourth-order valence-electron chi connectivity index (χ4n) is 7.98. The summed E-state index contributed by atoms with van der Waals surface area (Å²) in [5.41, 5.74) is 0.0311. The summed E-state index contributed by atoms with van der Waals surface area (Å²) in [6.45, 7) is 4.68. The van der Waals surface area contributed by atoms with Crippen LogP contribution in [0.1, 0.15) is 90.9 Å². The Morgan fingerprint density at radius 1 is 0.833 bits per heavy atom. The Bertz CT molecular complexity index is 491. The Labute approximate surface area is 149 Å². The first-order chi connectivity index (χ1) is 11.7. The van der Waals surface area contributed by atoms with Gasteiger partial charge in [-0.05, 0) is 99.2 Å². The highest BCUT2D eigenvalue weighted by molar-refractivity contribution is 5.07. The Morgan fingerprint density at radius 2 is 1.54 bits per heavy atom. The topological polar surface area (TPSA) is 23.8 Å². The van der Waals surface area contributed by atoms with Gasteiger partial charge in [-0.2, -0.15) is 5.26 Å². The zero-order valence-corrected chi connectivity index (χ0v) is 16.0. The van der Waals surface area contributed by atoms with E-state index in [0.29, 0.717) is 0 Å². The van der Waals surface area contributed by atoms with Gasteiger partial charge in [-0.25, -0.2) is 0 Å². The highest BCUT2D eigenvalue weighted by Crippen LogP contribution is 2.60. The average Bonchev–Trinajstić information content (AvgIpc) is 2.66. The van der Waals surface area contributed by atoms with E-state index in [1.807, 2.05) is 0 Å². The van der Waals surface area contributed by atoms with E-state index in [4.69, 9.17) is 0 Å². The molecule has 4 rings (SSSR count). The molecule has 1 nitrogen and oxygen atoms in total. The molecule has 0 saturated heterocycles. The second kappa shape index (κ2) is 6.66. The number of rotatable bonds is 2. The lowest BCUT2D eigenvalue weighted by molar-refractivity contribution is -0.0705. The fraction of sp³-hybridized carbons (Fsp3) is 0.957. The molecule has 4 fully saturated rings. The zero-order valence-electron chi connectivity index (χ0n) is 16.0. The molecule has 0 spiro atoms. The van der Waals surface area contributed by atoms with Crippen molar-refractivity contribution in [3.8, 4) is 6.07 Å². The van der Waals surface area contributed by atoms with Crippen LogP contribution in [0.5, 0.6) is 0 Å². The first kappa shape index (κ1) is 16.9. The quantitative estimate of drug-likeness (QED) is 0.561. The summed E-state index contributed by atoms with van der Waals surface area (Å²) in [7, 11) is 0. The minimum atomic E-state index is 0.0311. The van der Waals surface area contributed by atoms with Gasteiger partial charge >= 0.3 is 0 Å². The van der Waals surface area contributed by atoms with E-state index in [0.717, 1.165) is 47.8 Å². The molecule has 8 atom stereocenters. The number of nitrogens with zero attached hydrogens (tertiary/aromatic N) is 1. The van der Waals surface area contributed by atoms with Crippen LogP contribution in [-0.2, 0) is 0 Å². The lowest BCUT2D eigenvalue weighted by Gasteiger charge is -2.57. The van der Waals surface area contributed by atoms with Crippen molar-refractivity contribution >= 4 is 0 Å². The van der Waals surface area contributed by atoms with Gasteiger partial charge in [0.2, 0.25) is 0 Å². The first-order valence-corrected chi connectivity index (χ1v) is 11.1. The maximum absolute atomic E-state index is 9.72. The van der Waals surface area contributed by atoms with Gasteiger partial charge in [0.25, 0.3) is 0 Å². The van der Waals surface area contributed by atoms with E-state index in [-0.39, 0.29) is 5.41 Å². The molecule has 0 aromatic carbocycles. The molecule has 4 aliphatic rings. The van der Waals surface area contributed by atoms with Crippen molar-refractivity contribution in [2.24, 2.45) is 46.8 Å². The van der Waals surface area contributed by atoms with Gasteiger partial charge in [0.1, 0.15) is 0 Å². The normalized spacial score (nSPS) is 51.0. The van der Waals surface area contributed by atoms with Crippen LogP contribution in [0.4, 0.5) is 0 Å². The van der Waals surface area contributed by atoms with Crippen LogP contribution in [0.25, 0.3) is 0 Å². The number of fused-ring (bicyclic) bond motifs is 5. The average molecular weight is 328 g/mol. The number of nitriles is 1. The summed E-state index contributed by atoms with van der Waals surface area (Å²) in [5.74, 6) is 7.10. The third kappa shape index (κ3) is 2.64. The Morgan fingerprint density at radius 3 is 2.29 bits per heavy atom. The summed E-state index contributed by atoms with van der Waals surface area (Å²) in [6, 6.07) is 2.73. The van der Waals surface area contributed by atoms with Gasteiger partial charge in [0.15, 0.2) is 0 Å². The van der Waals surface area contributed by atoms with Crippen molar-refractivity contribution in [2.45, 2.75) is 90.9 Å². The largest absolute Gasteiger partial charge is 0.198 e. The maximum atomic E-state index is 9.72. The Balaban J connectivity index is 1.50. The molecule has 8 unspecified atom stereocenters. The maximum Gasteiger partial charge on any atom is 0.0689 e. The molecule has 0 amide bonds. The fourth-order valence-corrected chi connectivity index (χ4v) is 7.98. The molecule has 0 aromatic rings. The van der Waals surface area contributed by atoms with E-state index in [2.05, 4.69) is 19.9 Å². The predicted octanol–water partition coefficient (Wildman–Crippen LogP) is 6.59. The molecule has 0 aromatic heterocycles. The smallest absolute Gasteiger partial charge is 0.0689 e. The number of hydrogen-bond donors (Lipinski definition) is 0. The highest BCUT2D eigenvalue weighted by Gasteiger charge is 2.52. The van der Waals surface area contributed by atoms with E-state index in [1.165, 1.54) is 70.6 Å². The highest BCUT2D eigenvalue weighted by atomic mass is 14.6. The molecule has 0 bridgehead atoms. The molecule has 0 aliphatic heterocycles. The minimum Gasteiger partial charge on any atom is -0.198 e. The van der Waals surface area contributed by atoms with Gasteiger partial charge in [0, 0.05) is 0 Å². The van der Waals surface area contributed by atoms with Crippen molar-refractivity contribution < 1.29 is 0 Å². The summed E-state index contributed by atoms with van der Waals surface area (Å²) in [6.07, 6.45) is 16.8. The summed E-state index contributed by atoms with van der Waals surface area (Å²) in [5, 5.41) is 9.72. The third-order valence-electron chi connectivity index (χ3n) is 9.27. The lowest BCUT2D eigenvalue weighted by Crippen LogP contribution is -2.49. The van der Waals surface area contributed by atoms with E-state index >= 15 is 0 Å². The van der Waals surface area contributed by atoms with Gasteiger partial charge in [-0.1, -0.05) is 33.1 Å². The summed E-state index contributed by atoms with van der Waals surface area (Å²) in [4.78, 5) is 0. The third-order valence-corrected chi connectivity index (χ3v) is 9.27. The second-order valence-electron chi connectivity index (χ2n) is 9.82. The van der Waals surface area contributed by atoms with Crippen molar-refractivity contribution in [1.29, 1.82) is 5.26 Å². The van der Waals surface area contributed by atoms with Crippen molar-refractivity contribution in [3.05, 3.63) is 0 Å². The van der Waals surface area contributed by atoms with Crippen molar-refractivity contribution in [2.75, 3.05) is 0 Å². The Hall–Kier alpha value is -0.510. The predicted molar refractivity (Wildman–Crippen MR) is 99.2 cm³/mol. The number of hydrogen-bond acceptors (Lipinski definition) is 1. The van der Waals surface area contributed by atoms with Crippen LogP contribution < -0.4 is 0 Å². The molecule has 4 aliphatic carbocycles. The van der Waals surface area contributed by atoms with Crippen LogP contribution in [0.3, 0.4) is 0 Å². The van der Waals surface area contributed by atoms with Crippen LogP contribution in [0.2, 0.25) is 0 Å². The SMILES string of the molecule is CCC1CCCC2C1CCC1C3CCC(C#N)(CC)CC3CCC21. The van der Waals surface area contributed by atoms with Crippen LogP contribution in [0, 0.1) is 58.2 Å².